The van der Waals surface area contributed by atoms with Gasteiger partial charge in [0, 0.05) is 0 Å². The number of anilines is 1. The molecule has 0 aromatic heterocycles. The number of sulfonamides is 1. The average Bonchev–Trinajstić information content (AvgIpc) is 2.89. The predicted octanol–water partition coefficient (Wildman–Crippen LogP) is 2.44. The number of primary sulfonamides is 1. The summed E-state index contributed by atoms with van der Waals surface area (Å²) in [6.45, 7) is 0. The molecular weight excluding hydrogens is 317 g/mol. The summed E-state index contributed by atoms with van der Waals surface area (Å²) in [7, 11) is -3.86. The van der Waals surface area contributed by atoms with Crippen molar-refractivity contribution in [1.82, 2.24) is 0 Å². The van der Waals surface area contributed by atoms with Gasteiger partial charge >= 0.3 is 0 Å². The maximum atomic E-state index is 13.4. The highest BCUT2D eigenvalue weighted by atomic mass is 32.2. The molecule has 7 heteroatoms. The van der Waals surface area contributed by atoms with Crippen LogP contribution in [0.2, 0.25) is 0 Å². The fourth-order valence-electron chi connectivity index (χ4n) is 2.83. The summed E-state index contributed by atoms with van der Waals surface area (Å²) >= 11 is 0. The van der Waals surface area contributed by atoms with Crippen molar-refractivity contribution in [3.63, 3.8) is 0 Å². The zero-order valence-corrected chi connectivity index (χ0v) is 12.9. The van der Waals surface area contributed by atoms with Gasteiger partial charge in [0.15, 0.2) is 0 Å². The lowest BCUT2D eigenvalue weighted by atomic mass is 10.1. The van der Waals surface area contributed by atoms with Crippen LogP contribution in [-0.2, 0) is 16.4 Å². The second-order valence-electron chi connectivity index (χ2n) is 5.44. The number of hydrogen-bond acceptors (Lipinski definition) is 4. The first-order valence-corrected chi connectivity index (χ1v) is 8.55. The van der Waals surface area contributed by atoms with Crippen LogP contribution in [0.5, 0.6) is 0 Å². The van der Waals surface area contributed by atoms with Gasteiger partial charge in [-0.2, -0.15) is 5.26 Å². The Hall–Kier alpha value is -2.43. The molecule has 0 saturated carbocycles. The lowest BCUT2D eigenvalue weighted by molar-refractivity contribution is 0.597. The molecule has 0 radical (unpaired) electrons. The molecule has 0 heterocycles. The number of fused-ring (bicyclic) bond motifs is 1. The highest BCUT2D eigenvalue weighted by molar-refractivity contribution is 7.89. The molecule has 2 aromatic carbocycles. The van der Waals surface area contributed by atoms with E-state index in [1.165, 1.54) is 30.3 Å². The Bertz CT molecular complexity index is 919. The number of hydrogen-bond donors (Lipinski definition) is 2. The van der Waals surface area contributed by atoms with Crippen LogP contribution in [0, 0.1) is 17.1 Å². The summed E-state index contributed by atoms with van der Waals surface area (Å²) in [5.41, 5.74) is 2.62. The maximum absolute atomic E-state index is 13.4. The van der Waals surface area contributed by atoms with E-state index in [2.05, 4.69) is 5.32 Å². The summed E-state index contributed by atoms with van der Waals surface area (Å²) in [5.74, 6) is -0.303. The van der Waals surface area contributed by atoms with Crippen molar-refractivity contribution < 1.29 is 12.8 Å². The van der Waals surface area contributed by atoms with Crippen LogP contribution < -0.4 is 10.5 Å². The molecule has 0 aliphatic heterocycles. The van der Waals surface area contributed by atoms with Gasteiger partial charge in [-0.3, -0.25) is 0 Å². The van der Waals surface area contributed by atoms with Gasteiger partial charge in [-0.1, -0.05) is 6.07 Å². The second kappa shape index (κ2) is 5.65. The topological polar surface area (TPSA) is 96.0 Å². The van der Waals surface area contributed by atoms with E-state index in [4.69, 9.17) is 5.14 Å². The number of benzene rings is 2. The van der Waals surface area contributed by atoms with Gasteiger partial charge in [0.1, 0.15) is 11.9 Å². The van der Waals surface area contributed by atoms with Crippen LogP contribution in [0.3, 0.4) is 0 Å². The van der Waals surface area contributed by atoms with Crippen LogP contribution in [0.15, 0.2) is 41.3 Å². The zero-order chi connectivity index (χ0) is 16.6. The third-order valence-corrected chi connectivity index (χ3v) is 4.87. The van der Waals surface area contributed by atoms with Gasteiger partial charge < -0.3 is 5.32 Å². The lowest BCUT2D eigenvalue weighted by Crippen LogP contribution is -2.13. The molecule has 0 spiro atoms. The van der Waals surface area contributed by atoms with Crippen molar-refractivity contribution in [3.8, 4) is 6.07 Å². The first-order chi connectivity index (χ1) is 10.9. The smallest absolute Gasteiger partial charge is 0.238 e. The number of nitrogens with two attached hydrogens (primary N) is 1. The quantitative estimate of drug-likeness (QED) is 0.903. The van der Waals surface area contributed by atoms with Crippen LogP contribution in [-0.4, -0.2) is 8.42 Å². The molecule has 118 valence electrons. The minimum absolute atomic E-state index is 0.113. The first kappa shape index (κ1) is 15.5. The zero-order valence-electron chi connectivity index (χ0n) is 12.1. The SMILES string of the molecule is N#Cc1cc(S(N)(=O)=O)ccc1N[C@H]1CCc2ccc(F)cc21. The number of nitriles is 1. The van der Waals surface area contributed by atoms with E-state index in [9.17, 15) is 18.1 Å². The molecule has 0 unspecified atom stereocenters. The van der Waals surface area contributed by atoms with E-state index in [0.29, 0.717) is 5.69 Å². The fraction of sp³-hybridized carbons (Fsp3) is 0.188. The van der Waals surface area contributed by atoms with Gasteiger partial charge in [-0.15, -0.1) is 0 Å². The van der Waals surface area contributed by atoms with Gasteiger partial charge in [0.25, 0.3) is 0 Å². The van der Waals surface area contributed by atoms with E-state index >= 15 is 0 Å². The molecule has 1 atom stereocenters. The summed E-state index contributed by atoms with van der Waals surface area (Å²) in [6.07, 6.45) is 1.60. The van der Waals surface area contributed by atoms with E-state index in [1.54, 1.807) is 6.07 Å². The van der Waals surface area contributed by atoms with Crippen LogP contribution >= 0.6 is 0 Å². The van der Waals surface area contributed by atoms with E-state index < -0.39 is 10.0 Å². The van der Waals surface area contributed by atoms with Crippen molar-refractivity contribution >= 4 is 15.7 Å². The van der Waals surface area contributed by atoms with Crippen molar-refractivity contribution in [2.45, 2.75) is 23.8 Å². The number of nitrogens with one attached hydrogen (secondary N) is 1. The molecule has 1 aliphatic rings. The largest absolute Gasteiger partial charge is 0.377 e. The summed E-state index contributed by atoms with van der Waals surface area (Å²) in [4.78, 5) is -0.113. The number of nitrogens with zero attached hydrogens (tertiary/aromatic N) is 1. The van der Waals surface area contributed by atoms with Crippen LogP contribution in [0.1, 0.15) is 29.2 Å². The summed E-state index contributed by atoms with van der Waals surface area (Å²) in [5, 5.41) is 17.5. The Labute approximate surface area is 133 Å². The van der Waals surface area contributed by atoms with Crippen molar-refractivity contribution in [2.75, 3.05) is 5.32 Å². The molecule has 0 saturated heterocycles. The molecule has 3 N–H and O–H groups in total. The third-order valence-electron chi connectivity index (χ3n) is 3.96. The Morgan fingerprint density at radius 2 is 2.04 bits per heavy atom. The summed E-state index contributed by atoms with van der Waals surface area (Å²) < 4.78 is 36.2. The maximum Gasteiger partial charge on any atom is 0.238 e. The van der Waals surface area contributed by atoms with Crippen molar-refractivity contribution in [2.24, 2.45) is 5.14 Å². The molecular formula is C16H14FN3O2S. The monoisotopic (exact) mass is 331 g/mol. The van der Waals surface area contributed by atoms with Crippen molar-refractivity contribution in [1.29, 1.82) is 5.26 Å². The molecule has 23 heavy (non-hydrogen) atoms. The van der Waals surface area contributed by atoms with E-state index in [-0.39, 0.29) is 22.3 Å². The highest BCUT2D eigenvalue weighted by Gasteiger charge is 2.24. The van der Waals surface area contributed by atoms with Gasteiger partial charge in [-0.05, 0) is 54.3 Å². The molecule has 5 nitrogen and oxygen atoms in total. The highest BCUT2D eigenvalue weighted by Crippen LogP contribution is 2.35. The summed E-state index contributed by atoms with van der Waals surface area (Å²) in [6, 6.07) is 10.6. The minimum atomic E-state index is -3.86. The van der Waals surface area contributed by atoms with E-state index in [0.717, 1.165) is 24.0 Å². The van der Waals surface area contributed by atoms with Gasteiger partial charge in [0.05, 0.1) is 22.2 Å². The molecule has 0 fully saturated rings. The molecule has 3 rings (SSSR count). The Morgan fingerprint density at radius 3 is 2.74 bits per heavy atom. The minimum Gasteiger partial charge on any atom is -0.377 e. The van der Waals surface area contributed by atoms with Gasteiger partial charge in [-0.25, -0.2) is 17.9 Å². The number of rotatable bonds is 3. The second-order valence-corrected chi connectivity index (χ2v) is 7.00. The standard InChI is InChI=1S/C16H14FN3O2S/c17-12-3-1-10-2-5-16(14(10)8-12)20-15-6-4-13(23(19,21)22)7-11(15)9-18/h1,3-4,6-8,16,20H,2,5H2,(H2,19,21,22)/t16-/m0/s1. The molecule has 0 amide bonds. The number of halogens is 1. The van der Waals surface area contributed by atoms with Crippen molar-refractivity contribution in [3.05, 3.63) is 58.9 Å². The third kappa shape index (κ3) is 3.04. The lowest BCUT2D eigenvalue weighted by Gasteiger charge is -2.17. The molecule has 1 aliphatic carbocycles. The fourth-order valence-corrected chi connectivity index (χ4v) is 3.37. The van der Waals surface area contributed by atoms with Crippen LogP contribution in [0.25, 0.3) is 0 Å². The van der Waals surface area contributed by atoms with E-state index in [1.807, 2.05) is 6.07 Å². The first-order valence-electron chi connectivity index (χ1n) is 7.00. The molecule has 0 bridgehead atoms. The van der Waals surface area contributed by atoms with Gasteiger partial charge in [0.2, 0.25) is 10.0 Å². The molecule has 2 aromatic rings. The average molecular weight is 331 g/mol. The Balaban J connectivity index is 1.94. The Morgan fingerprint density at radius 1 is 1.26 bits per heavy atom. The number of aryl methyl sites for hydroxylation is 1. The normalized spacial score (nSPS) is 16.7. The van der Waals surface area contributed by atoms with Crippen LogP contribution in [0.4, 0.5) is 10.1 Å². The predicted molar refractivity (Wildman–Crippen MR) is 83.6 cm³/mol. The Kier molecular flexibility index (Phi) is 3.80.